The van der Waals surface area contributed by atoms with Crippen molar-refractivity contribution in [1.29, 1.82) is 0 Å². The number of benzene rings is 1. The van der Waals surface area contributed by atoms with E-state index in [-0.39, 0.29) is 5.66 Å². The van der Waals surface area contributed by atoms with Gasteiger partial charge in [0.1, 0.15) is 11.4 Å². The summed E-state index contributed by atoms with van der Waals surface area (Å²) in [6.07, 6.45) is 1.67. The van der Waals surface area contributed by atoms with Crippen LogP contribution in [0, 0.1) is 0 Å². The van der Waals surface area contributed by atoms with Crippen molar-refractivity contribution in [3.8, 4) is 5.75 Å². The molecule has 0 unspecified atom stereocenters. The summed E-state index contributed by atoms with van der Waals surface area (Å²) in [5, 5.41) is 9.04. The number of hydrogen-bond acceptors (Lipinski definition) is 2. The van der Waals surface area contributed by atoms with Crippen LogP contribution in [0.1, 0.15) is 5.56 Å². The van der Waals surface area contributed by atoms with Crippen LogP contribution >= 0.6 is 0 Å². The summed E-state index contributed by atoms with van der Waals surface area (Å²) in [5.74, 6) is 0.783. The van der Waals surface area contributed by atoms with Crippen molar-refractivity contribution in [2.75, 3.05) is 0 Å². The van der Waals surface area contributed by atoms with Crippen molar-refractivity contribution < 1.29 is 9.76 Å². The van der Waals surface area contributed by atoms with E-state index in [1.54, 1.807) is 6.08 Å². The van der Waals surface area contributed by atoms with Crippen molar-refractivity contribution in [2.24, 2.45) is 0 Å². The molecule has 1 N–H and O–H groups in total. The molecule has 1 aromatic rings. The Hall–Kier alpha value is -1.38. The molecule has 2 nitrogen and oxygen atoms in total. The molecule has 2 rings (SSSR count). The number of aliphatic hydroxyl groups excluding tert-OH is 1. The largest absolute Gasteiger partial charge is 0.555 e. The van der Waals surface area contributed by atoms with Gasteiger partial charge in [0.05, 0.1) is 0 Å². The van der Waals surface area contributed by atoms with Crippen LogP contribution in [0.4, 0.5) is 0 Å². The fraction of sp³-hybridized carbons (Fsp3) is 0. The molecule has 0 fully saturated rings. The Morgan fingerprint density at radius 1 is 1.27 bits per heavy atom. The average Bonchev–Trinajstić information content (AvgIpc) is 2.04. The van der Waals surface area contributed by atoms with E-state index in [0.717, 1.165) is 11.3 Å². The van der Waals surface area contributed by atoms with Crippen molar-refractivity contribution >= 4 is 13.6 Å². The number of rotatable bonds is 0. The van der Waals surface area contributed by atoms with E-state index in [0.29, 0.717) is 0 Å². The lowest BCUT2D eigenvalue weighted by Gasteiger charge is -2.12. The Labute approximate surface area is 65.4 Å². The van der Waals surface area contributed by atoms with Crippen LogP contribution in [-0.2, 0) is 0 Å². The van der Waals surface area contributed by atoms with E-state index in [4.69, 9.17) is 9.76 Å². The van der Waals surface area contributed by atoms with Gasteiger partial charge in [-0.3, -0.25) is 0 Å². The molecule has 1 aliphatic rings. The first kappa shape index (κ1) is 6.34. The highest BCUT2D eigenvalue weighted by molar-refractivity contribution is 6.40. The third kappa shape index (κ3) is 1.09. The lowest BCUT2D eigenvalue weighted by atomic mass is 9.92. The predicted octanol–water partition coefficient (Wildman–Crippen LogP) is 1.55. The van der Waals surface area contributed by atoms with Crippen LogP contribution in [0.3, 0.4) is 0 Å². The summed E-state index contributed by atoms with van der Waals surface area (Å²) in [6.45, 7) is 0. The zero-order valence-corrected chi connectivity index (χ0v) is 5.82. The van der Waals surface area contributed by atoms with E-state index >= 15 is 0 Å². The lowest BCUT2D eigenvalue weighted by molar-refractivity contribution is 0.432. The first-order valence-corrected chi connectivity index (χ1v) is 3.36. The molecule has 0 saturated carbocycles. The average molecular weight is 145 g/mol. The minimum Gasteiger partial charge on any atom is -0.555 e. The standard InChI is InChI=1S/C8H6BO2/c10-8-5-6-3-1-2-4-7(6)11-9-8/h1-5,10H. The van der Waals surface area contributed by atoms with Crippen LogP contribution in [0.2, 0.25) is 0 Å². The zero-order chi connectivity index (χ0) is 7.68. The summed E-state index contributed by atoms with van der Waals surface area (Å²) >= 11 is 0. The zero-order valence-electron chi connectivity index (χ0n) is 5.82. The second-order valence-electron chi connectivity index (χ2n) is 2.34. The first-order chi connectivity index (χ1) is 5.36. The maximum Gasteiger partial charge on any atom is 0.449 e. The molecule has 0 atom stereocenters. The molecule has 0 spiro atoms. The van der Waals surface area contributed by atoms with Crippen molar-refractivity contribution in [1.82, 2.24) is 0 Å². The quantitative estimate of drug-likeness (QED) is 0.561. The highest BCUT2D eigenvalue weighted by atomic mass is 16.4. The summed E-state index contributed by atoms with van der Waals surface area (Å²) in [4.78, 5) is 0. The van der Waals surface area contributed by atoms with Gasteiger partial charge in [-0.2, -0.15) is 0 Å². The van der Waals surface area contributed by atoms with Crippen LogP contribution in [-0.4, -0.2) is 12.6 Å². The van der Waals surface area contributed by atoms with Gasteiger partial charge in [-0.05, 0) is 12.1 Å². The van der Waals surface area contributed by atoms with Gasteiger partial charge >= 0.3 is 7.48 Å². The van der Waals surface area contributed by atoms with Crippen molar-refractivity contribution in [3.05, 3.63) is 35.5 Å². The fourth-order valence-electron chi connectivity index (χ4n) is 1.02. The van der Waals surface area contributed by atoms with Gasteiger partial charge in [-0.1, -0.05) is 18.2 Å². The molecule has 11 heavy (non-hydrogen) atoms. The van der Waals surface area contributed by atoms with Gasteiger partial charge in [0.2, 0.25) is 0 Å². The van der Waals surface area contributed by atoms with Crippen LogP contribution in [0.15, 0.2) is 29.9 Å². The maximum atomic E-state index is 9.04. The van der Waals surface area contributed by atoms with Gasteiger partial charge in [-0.15, -0.1) is 0 Å². The van der Waals surface area contributed by atoms with Crippen molar-refractivity contribution in [3.63, 3.8) is 0 Å². The molecule has 1 aliphatic heterocycles. The molecule has 3 heteroatoms. The number of fused-ring (bicyclic) bond motifs is 1. The summed E-state index contributed by atoms with van der Waals surface area (Å²) in [7, 11) is 1.32. The topological polar surface area (TPSA) is 29.5 Å². The normalized spacial score (nSPS) is 14.0. The van der Waals surface area contributed by atoms with E-state index < -0.39 is 0 Å². The first-order valence-electron chi connectivity index (χ1n) is 3.36. The lowest BCUT2D eigenvalue weighted by Crippen LogP contribution is -2.10. The summed E-state index contributed by atoms with van der Waals surface area (Å²) in [6, 6.07) is 7.54. The van der Waals surface area contributed by atoms with Crippen molar-refractivity contribution in [2.45, 2.75) is 0 Å². The highest BCUT2D eigenvalue weighted by Crippen LogP contribution is 2.23. The third-order valence-electron chi connectivity index (χ3n) is 1.53. The van der Waals surface area contributed by atoms with E-state index in [1.807, 2.05) is 24.3 Å². The molecular weight excluding hydrogens is 139 g/mol. The highest BCUT2D eigenvalue weighted by Gasteiger charge is 2.11. The van der Waals surface area contributed by atoms with Gasteiger partial charge in [0, 0.05) is 5.56 Å². The molecule has 0 aromatic heterocycles. The fourth-order valence-corrected chi connectivity index (χ4v) is 1.02. The molecule has 1 aromatic carbocycles. The molecule has 1 radical (unpaired) electrons. The molecule has 0 aliphatic carbocycles. The SMILES string of the molecule is OC1=Cc2ccccc2O[B]1. The third-order valence-corrected chi connectivity index (χ3v) is 1.53. The Balaban J connectivity index is 2.51. The minimum atomic E-state index is 0.156. The van der Waals surface area contributed by atoms with E-state index in [2.05, 4.69) is 0 Å². The van der Waals surface area contributed by atoms with E-state index in [9.17, 15) is 0 Å². The van der Waals surface area contributed by atoms with Gasteiger partial charge < -0.3 is 9.76 Å². The van der Waals surface area contributed by atoms with Gasteiger partial charge in [-0.25, -0.2) is 0 Å². The Morgan fingerprint density at radius 3 is 3.00 bits per heavy atom. The maximum absolute atomic E-state index is 9.04. The summed E-state index contributed by atoms with van der Waals surface area (Å²) < 4.78 is 5.09. The molecule has 0 amide bonds. The Kier molecular flexibility index (Phi) is 1.35. The van der Waals surface area contributed by atoms with Crippen LogP contribution < -0.4 is 4.65 Å². The van der Waals surface area contributed by atoms with Crippen LogP contribution in [0.5, 0.6) is 5.75 Å². The Morgan fingerprint density at radius 2 is 2.09 bits per heavy atom. The second kappa shape index (κ2) is 2.34. The van der Waals surface area contributed by atoms with Crippen LogP contribution in [0.25, 0.3) is 6.08 Å². The summed E-state index contributed by atoms with van der Waals surface area (Å²) in [5.41, 5.74) is 1.07. The van der Waals surface area contributed by atoms with Gasteiger partial charge in [0.15, 0.2) is 0 Å². The van der Waals surface area contributed by atoms with E-state index in [1.165, 1.54) is 7.48 Å². The number of para-hydroxylation sites is 1. The molecule has 53 valence electrons. The second-order valence-corrected chi connectivity index (χ2v) is 2.34. The number of aliphatic hydroxyl groups is 1. The molecule has 0 saturated heterocycles. The molecule has 1 heterocycles. The number of hydrogen-bond donors (Lipinski definition) is 1. The molecular formula is C8H6BO2. The predicted molar refractivity (Wildman–Crippen MR) is 43.4 cm³/mol. The monoisotopic (exact) mass is 145 g/mol. The smallest absolute Gasteiger partial charge is 0.449 e. The minimum absolute atomic E-state index is 0.156. The Bertz CT molecular complexity index is 307. The molecule has 0 bridgehead atoms. The van der Waals surface area contributed by atoms with Gasteiger partial charge in [0.25, 0.3) is 0 Å².